The predicted molar refractivity (Wildman–Crippen MR) is 120 cm³/mol. The van der Waals surface area contributed by atoms with Crippen molar-refractivity contribution in [3.05, 3.63) is 74.2 Å². The molecule has 13 heteroatoms. The molecule has 0 fully saturated rings. The number of fused-ring (bicyclic) bond motifs is 1. The van der Waals surface area contributed by atoms with Gasteiger partial charge in [-0.1, -0.05) is 0 Å². The van der Waals surface area contributed by atoms with Crippen LogP contribution in [0.3, 0.4) is 0 Å². The summed E-state index contributed by atoms with van der Waals surface area (Å²) < 4.78 is 98.2. The number of pyridine rings is 2. The molecular formula is C23H13BrF6N2O4. The zero-order chi connectivity index (χ0) is 26.4. The fourth-order valence-corrected chi connectivity index (χ4v) is 4.12. The van der Waals surface area contributed by atoms with Crippen LogP contribution in [0.2, 0.25) is 0 Å². The Hall–Kier alpha value is -3.74. The van der Waals surface area contributed by atoms with Crippen molar-refractivity contribution in [1.29, 1.82) is 0 Å². The van der Waals surface area contributed by atoms with Gasteiger partial charge in [-0.3, -0.25) is 4.79 Å². The van der Waals surface area contributed by atoms with Crippen LogP contribution in [0.5, 0.6) is 23.1 Å². The monoisotopic (exact) mass is 574 g/mol. The summed E-state index contributed by atoms with van der Waals surface area (Å²) in [4.78, 5) is 19.7. The number of nitrogens with zero attached hydrogens (tertiary/aromatic N) is 1. The summed E-state index contributed by atoms with van der Waals surface area (Å²) in [5, 5.41) is 0.114. The first-order chi connectivity index (χ1) is 17.0. The minimum atomic E-state index is -5.11. The maximum Gasteiger partial charge on any atom is 0.419 e. The molecule has 2 heterocycles. The third kappa shape index (κ3) is 4.45. The molecule has 0 saturated heterocycles. The van der Waals surface area contributed by atoms with E-state index in [0.29, 0.717) is 18.2 Å². The fraction of sp³-hybridized carbons (Fsp3) is 0.130. The second-order valence-electron chi connectivity index (χ2n) is 7.24. The summed E-state index contributed by atoms with van der Waals surface area (Å²) in [5.74, 6) is -6.13. The largest absolute Gasteiger partial charge is 0.490 e. The van der Waals surface area contributed by atoms with Crippen molar-refractivity contribution in [2.75, 3.05) is 14.2 Å². The highest BCUT2D eigenvalue weighted by molar-refractivity contribution is 9.10. The highest BCUT2D eigenvalue weighted by Crippen LogP contribution is 2.43. The van der Waals surface area contributed by atoms with Crippen LogP contribution in [0.15, 0.2) is 45.8 Å². The Labute approximate surface area is 206 Å². The quantitative estimate of drug-likeness (QED) is 0.272. The van der Waals surface area contributed by atoms with E-state index in [1.54, 1.807) is 0 Å². The number of aromatic amines is 1. The van der Waals surface area contributed by atoms with Crippen LogP contribution in [0, 0.1) is 17.5 Å². The standard InChI is InChI=1S/C23H13BrF6N2O4/c1-34-21-16(4-3-11(25)20(21)27)36-17-6-10(23(28,29)30)12(26)5-9(17)13-7-15(33)18-14(32-13)8-31-22(35-2)19(18)24/h3-8H,1-2H3,(H,32,33). The average molecular weight is 575 g/mol. The summed E-state index contributed by atoms with van der Waals surface area (Å²) in [6.07, 6.45) is -3.87. The van der Waals surface area contributed by atoms with E-state index in [4.69, 9.17) is 14.2 Å². The predicted octanol–water partition coefficient (Wildman–Crippen LogP) is 6.60. The molecule has 0 bridgehead atoms. The first-order valence-corrected chi connectivity index (χ1v) is 10.6. The lowest BCUT2D eigenvalue weighted by Crippen LogP contribution is -2.10. The Bertz CT molecular complexity index is 1560. The van der Waals surface area contributed by atoms with Crippen LogP contribution < -0.4 is 19.6 Å². The summed E-state index contributed by atoms with van der Waals surface area (Å²) in [6.45, 7) is 0. The smallest absolute Gasteiger partial charge is 0.419 e. The Kier molecular flexibility index (Phi) is 6.60. The number of hydrogen-bond donors (Lipinski definition) is 1. The molecule has 0 atom stereocenters. The van der Waals surface area contributed by atoms with E-state index in [-0.39, 0.29) is 32.5 Å². The van der Waals surface area contributed by atoms with Gasteiger partial charge in [0.25, 0.3) is 0 Å². The number of rotatable bonds is 5. The summed E-state index contributed by atoms with van der Waals surface area (Å²) in [5.41, 5.74) is -2.61. The first kappa shape index (κ1) is 25.4. The molecule has 4 aromatic rings. The Morgan fingerprint density at radius 3 is 2.33 bits per heavy atom. The third-order valence-electron chi connectivity index (χ3n) is 5.07. The Morgan fingerprint density at radius 1 is 0.972 bits per heavy atom. The van der Waals surface area contributed by atoms with E-state index in [9.17, 15) is 31.1 Å². The van der Waals surface area contributed by atoms with E-state index < -0.39 is 51.9 Å². The van der Waals surface area contributed by atoms with Gasteiger partial charge in [0.1, 0.15) is 11.6 Å². The third-order valence-corrected chi connectivity index (χ3v) is 5.81. The van der Waals surface area contributed by atoms with Gasteiger partial charge in [-0.15, -0.1) is 0 Å². The van der Waals surface area contributed by atoms with Crippen molar-refractivity contribution < 1.29 is 40.6 Å². The van der Waals surface area contributed by atoms with Gasteiger partial charge in [0.05, 0.1) is 47.0 Å². The van der Waals surface area contributed by atoms with E-state index in [2.05, 4.69) is 25.9 Å². The van der Waals surface area contributed by atoms with Crippen LogP contribution in [0.4, 0.5) is 26.3 Å². The van der Waals surface area contributed by atoms with Crippen LogP contribution in [-0.2, 0) is 6.18 Å². The van der Waals surface area contributed by atoms with E-state index in [1.165, 1.54) is 13.3 Å². The molecule has 6 nitrogen and oxygen atoms in total. The molecule has 0 aliphatic heterocycles. The number of hydrogen-bond acceptors (Lipinski definition) is 5. The molecule has 36 heavy (non-hydrogen) atoms. The molecule has 0 radical (unpaired) electrons. The molecule has 188 valence electrons. The maximum absolute atomic E-state index is 14.6. The SMILES string of the molecule is COc1ncc2[nH]c(-c3cc(F)c(C(F)(F)F)cc3Oc3ccc(F)c(F)c3OC)cc(=O)c2c1Br. The van der Waals surface area contributed by atoms with E-state index in [1.807, 2.05) is 0 Å². The second kappa shape index (κ2) is 9.37. The minimum absolute atomic E-state index is 0.107. The summed E-state index contributed by atoms with van der Waals surface area (Å²) in [7, 11) is 2.33. The molecule has 4 rings (SSSR count). The zero-order valence-electron chi connectivity index (χ0n) is 18.2. The van der Waals surface area contributed by atoms with E-state index in [0.717, 1.165) is 19.2 Å². The van der Waals surface area contributed by atoms with Crippen molar-refractivity contribution in [3.8, 4) is 34.4 Å². The van der Waals surface area contributed by atoms with Crippen molar-refractivity contribution in [2.45, 2.75) is 6.18 Å². The Balaban J connectivity index is 1.97. The molecule has 0 saturated carbocycles. The molecule has 0 aliphatic carbocycles. The van der Waals surface area contributed by atoms with Gasteiger partial charge >= 0.3 is 6.18 Å². The summed E-state index contributed by atoms with van der Waals surface area (Å²) in [6, 6.07) is 3.46. The van der Waals surface area contributed by atoms with Crippen LogP contribution in [0.1, 0.15) is 5.56 Å². The van der Waals surface area contributed by atoms with Crippen molar-refractivity contribution in [1.82, 2.24) is 9.97 Å². The van der Waals surface area contributed by atoms with Crippen LogP contribution in [-0.4, -0.2) is 24.2 Å². The van der Waals surface area contributed by atoms with Crippen LogP contribution >= 0.6 is 15.9 Å². The topological polar surface area (TPSA) is 73.4 Å². The zero-order valence-corrected chi connectivity index (χ0v) is 19.8. The molecule has 1 N–H and O–H groups in total. The second-order valence-corrected chi connectivity index (χ2v) is 8.03. The van der Waals surface area contributed by atoms with Gasteiger partial charge < -0.3 is 19.2 Å². The van der Waals surface area contributed by atoms with E-state index >= 15 is 0 Å². The Morgan fingerprint density at radius 2 is 1.69 bits per heavy atom. The number of nitrogens with one attached hydrogen (secondary N) is 1. The maximum atomic E-state index is 14.6. The average Bonchev–Trinajstić information content (AvgIpc) is 2.81. The summed E-state index contributed by atoms with van der Waals surface area (Å²) >= 11 is 3.21. The highest BCUT2D eigenvalue weighted by Gasteiger charge is 2.36. The number of alkyl halides is 3. The van der Waals surface area contributed by atoms with Crippen LogP contribution in [0.25, 0.3) is 22.2 Å². The van der Waals surface area contributed by atoms with Crippen molar-refractivity contribution in [3.63, 3.8) is 0 Å². The van der Waals surface area contributed by atoms with Gasteiger partial charge in [-0.2, -0.15) is 17.6 Å². The highest BCUT2D eigenvalue weighted by atomic mass is 79.9. The molecule has 0 unspecified atom stereocenters. The number of methoxy groups -OCH3 is 2. The lowest BCUT2D eigenvalue weighted by atomic mass is 10.0. The normalized spacial score (nSPS) is 11.6. The van der Waals surface area contributed by atoms with Crippen molar-refractivity contribution >= 4 is 26.8 Å². The minimum Gasteiger partial charge on any atom is -0.490 e. The molecule has 0 amide bonds. The molecular weight excluding hydrogens is 562 g/mol. The van der Waals surface area contributed by atoms with Gasteiger partial charge in [-0.25, -0.2) is 13.8 Å². The lowest BCUT2D eigenvalue weighted by Gasteiger charge is -2.17. The van der Waals surface area contributed by atoms with Gasteiger partial charge in [-0.05, 0) is 40.2 Å². The number of aromatic nitrogens is 2. The van der Waals surface area contributed by atoms with Gasteiger partial charge in [0.2, 0.25) is 17.4 Å². The van der Waals surface area contributed by atoms with Gasteiger partial charge in [0.15, 0.2) is 17.0 Å². The molecule has 2 aromatic heterocycles. The number of H-pyrrole nitrogens is 1. The fourth-order valence-electron chi connectivity index (χ4n) is 3.45. The molecule has 2 aromatic carbocycles. The van der Waals surface area contributed by atoms with Gasteiger partial charge in [0, 0.05) is 11.6 Å². The van der Waals surface area contributed by atoms with Crippen molar-refractivity contribution in [2.24, 2.45) is 0 Å². The lowest BCUT2D eigenvalue weighted by molar-refractivity contribution is -0.140. The number of ether oxygens (including phenoxy) is 3. The molecule has 0 aliphatic rings. The molecule has 0 spiro atoms. The number of halogens is 7. The number of benzene rings is 2. The first-order valence-electron chi connectivity index (χ1n) is 9.82.